The first kappa shape index (κ1) is 18.3. The van der Waals surface area contributed by atoms with E-state index in [0.29, 0.717) is 0 Å². The average Bonchev–Trinajstić information content (AvgIpc) is 2.51. The van der Waals surface area contributed by atoms with E-state index in [1.54, 1.807) is 30.3 Å². The second-order valence-corrected chi connectivity index (χ2v) is 5.02. The van der Waals surface area contributed by atoms with Gasteiger partial charge < -0.3 is 4.74 Å². The lowest BCUT2D eigenvalue weighted by Crippen LogP contribution is -2.52. The van der Waals surface area contributed by atoms with Crippen molar-refractivity contribution in [1.82, 2.24) is 0 Å². The number of benzene rings is 1. The van der Waals surface area contributed by atoms with E-state index in [-0.39, 0.29) is 6.61 Å². The molecule has 0 saturated carbocycles. The highest BCUT2D eigenvalue weighted by Crippen LogP contribution is 2.26. The molecule has 8 heteroatoms. The number of carbonyl (C=O) groups is 1. The van der Waals surface area contributed by atoms with Crippen molar-refractivity contribution in [2.75, 3.05) is 13.2 Å². The molecule has 0 radical (unpaired) electrons. The summed E-state index contributed by atoms with van der Waals surface area (Å²) in [5, 5.41) is 22.3. The first-order valence-corrected chi connectivity index (χ1v) is 6.99. The molecular formula is C15H18N2O6. The van der Waals surface area contributed by atoms with Crippen molar-refractivity contribution < 1.29 is 19.4 Å². The van der Waals surface area contributed by atoms with Crippen LogP contribution in [-0.4, -0.2) is 34.5 Å². The Morgan fingerprint density at radius 2 is 1.91 bits per heavy atom. The minimum absolute atomic E-state index is 0.0458. The van der Waals surface area contributed by atoms with E-state index in [2.05, 4.69) is 0 Å². The number of carbonyl (C=O) groups excluding carboxylic acids is 1. The average molecular weight is 322 g/mol. The van der Waals surface area contributed by atoms with Gasteiger partial charge in [0.25, 0.3) is 0 Å². The Balaban J connectivity index is 3.20. The van der Waals surface area contributed by atoms with Crippen LogP contribution in [0.25, 0.3) is 6.08 Å². The van der Waals surface area contributed by atoms with Crippen molar-refractivity contribution in [1.29, 1.82) is 0 Å². The van der Waals surface area contributed by atoms with Gasteiger partial charge in [-0.05, 0) is 12.5 Å². The minimum Gasteiger partial charge on any atom is -0.461 e. The third kappa shape index (κ3) is 4.60. The Hall–Kier alpha value is -2.77. The number of ether oxygens (including phenoxy) is 1. The molecule has 0 saturated heterocycles. The summed E-state index contributed by atoms with van der Waals surface area (Å²) >= 11 is 0. The largest absolute Gasteiger partial charge is 0.461 e. The molecule has 0 amide bonds. The summed E-state index contributed by atoms with van der Waals surface area (Å²) in [6.07, 6.45) is 2.84. The van der Waals surface area contributed by atoms with Crippen LogP contribution in [0, 0.1) is 26.1 Å². The quantitative estimate of drug-likeness (QED) is 0.412. The van der Waals surface area contributed by atoms with Crippen LogP contribution in [0.15, 0.2) is 36.4 Å². The van der Waals surface area contributed by atoms with Gasteiger partial charge >= 0.3 is 11.5 Å². The summed E-state index contributed by atoms with van der Waals surface area (Å²) in [7, 11) is 0. The van der Waals surface area contributed by atoms with E-state index in [9.17, 15) is 25.0 Å². The maximum atomic E-state index is 12.0. The fourth-order valence-electron chi connectivity index (χ4n) is 2.02. The molecule has 0 unspecified atom stereocenters. The molecule has 0 aromatic heterocycles. The number of rotatable bonds is 8. The van der Waals surface area contributed by atoms with Gasteiger partial charge in [-0.2, -0.15) is 0 Å². The molecule has 2 atom stereocenters. The maximum absolute atomic E-state index is 12.0. The molecule has 8 nitrogen and oxygen atoms in total. The zero-order valence-electron chi connectivity index (χ0n) is 12.9. The Morgan fingerprint density at radius 1 is 1.30 bits per heavy atom. The van der Waals surface area contributed by atoms with Crippen molar-refractivity contribution in [3.8, 4) is 0 Å². The van der Waals surface area contributed by atoms with Crippen LogP contribution in [0.2, 0.25) is 0 Å². The van der Waals surface area contributed by atoms with Crippen molar-refractivity contribution >= 4 is 12.0 Å². The first-order valence-electron chi connectivity index (χ1n) is 6.99. The van der Waals surface area contributed by atoms with E-state index in [1.807, 2.05) is 0 Å². The SMILES string of the molecule is CCOC(=O)[C@](C)([C@@H](/C=C/c1ccccc1)C[N+](=O)[O-])[N+](=O)[O-]. The summed E-state index contributed by atoms with van der Waals surface area (Å²) in [6, 6.07) is 8.81. The van der Waals surface area contributed by atoms with Crippen LogP contribution in [0.3, 0.4) is 0 Å². The predicted octanol–water partition coefficient (Wildman–Crippen LogP) is 2.19. The summed E-state index contributed by atoms with van der Waals surface area (Å²) in [6.45, 7) is 1.77. The van der Waals surface area contributed by atoms with Gasteiger partial charge in [-0.15, -0.1) is 0 Å². The minimum atomic E-state index is -2.23. The third-order valence-electron chi connectivity index (χ3n) is 3.46. The summed E-state index contributed by atoms with van der Waals surface area (Å²) in [4.78, 5) is 32.8. The van der Waals surface area contributed by atoms with Gasteiger partial charge in [-0.1, -0.05) is 42.5 Å². The zero-order valence-corrected chi connectivity index (χ0v) is 12.9. The lowest BCUT2D eigenvalue weighted by atomic mass is 9.85. The van der Waals surface area contributed by atoms with Crippen molar-refractivity contribution in [2.24, 2.45) is 5.92 Å². The molecule has 1 rings (SSSR count). The van der Waals surface area contributed by atoms with Crippen LogP contribution in [0.1, 0.15) is 19.4 Å². The molecule has 0 heterocycles. The lowest BCUT2D eigenvalue weighted by Gasteiger charge is -2.23. The van der Waals surface area contributed by atoms with Gasteiger partial charge in [-0.3, -0.25) is 20.2 Å². The summed E-state index contributed by atoms with van der Waals surface area (Å²) in [5.74, 6) is -2.33. The fraction of sp³-hybridized carbons (Fsp3) is 0.400. The summed E-state index contributed by atoms with van der Waals surface area (Å²) in [5.41, 5.74) is -1.51. The van der Waals surface area contributed by atoms with Crippen LogP contribution in [0.4, 0.5) is 0 Å². The fourth-order valence-corrected chi connectivity index (χ4v) is 2.02. The Labute approximate surface area is 133 Å². The molecule has 1 aromatic carbocycles. The molecule has 0 bridgehead atoms. The van der Waals surface area contributed by atoms with Gasteiger partial charge in [0.15, 0.2) is 0 Å². The predicted molar refractivity (Wildman–Crippen MR) is 82.9 cm³/mol. The zero-order chi connectivity index (χ0) is 17.5. The van der Waals surface area contributed by atoms with Crippen LogP contribution in [-0.2, 0) is 9.53 Å². The topological polar surface area (TPSA) is 113 Å². The molecule has 124 valence electrons. The third-order valence-corrected chi connectivity index (χ3v) is 3.46. The standard InChI is InChI=1S/C15H18N2O6/c1-3-23-14(18)15(2,17(21)22)13(11-16(19)20)10-9-12-7-5-4-6-8-12/h4-10,13H,3,11H2,1-2H3/b10-9+/t13-,15-/m0/s1. The van der Waals surface area contributed by atoms with Crippen LogP contribution >= 0.6 is 0 Å². The Morgan fingerprint density at radius 3 is 2.39 bits per heavy atom. The Kier molecular flexibility index (Phi) is 6.37. The van der Waals surface area contributed by atoms with E-state index in [4.69, 9.17) is 4.74 Å². The van der Waals surface area contributed by atoms with Crippen molar-refractivity contribution in [3.63, 3.8) is 0 Å². The van der Waals surface area contributed by atoms with Crippen LogP contribution < -0.4 is 0 Å². The normalized spacial score (nSPS) is 14.9. The number of nitro groups is 2. The molecule has 0 fully saturated rings. The second-order valence-electron chi connectivity index (χ2n) is 5.02. The summed E-state index contributed by atoms with van der Waals surface area (Å²) < 4.78 is 4.75. The van der Waals surface area contributed by atoms with E-state index >= 15 is 0 Å². The highest BCUT2D eigenvalue weighted by molar-refractivity contribution is 5.79. The van der Waals surface area contributed by atoms with E-state index < -0.39 is 33.8 Å². The van der Waals surface area contributed by atoms with Gasteiger partial charge in [0, 0.05) is 16.8 Å². The van der Waals surface area contributed by atoms with Gasteiger partial charge in [0.05, 0.1) is 6.61 Å². The molecule has 1 aromatic rings. The van der Waals surface area contributed by atoms with Gasteiger partial charge in [0.2, 0.25) is 6.54 Å². The molecule has 0 aliphatic heterocycles. The lowest BCUT2D eigenvalue weighted by molar-refractivity contribution is -0.575. The smallest absolute Gasteiger partial charge is 0.385 e. The second kappa shape index (κ2) is 8.02. The number of nitrogens with zero attached hydrogens (tertiary/aromatic N) is 2. The van der Waals surface area contributed by atoms with Gasteiger partial charge in [-0.25, -0.2) is 4.79 Å². The number of hydrogen-bond donors (Lipinski definition) is 0. The van der Waals surface area contributed by atoms with E-state index in [0.717, 1.165) is 12.5 Å². The van der Waals surface area contributed by atoms with Crippen molar-refractivity contribution in [2.45, 2.75) is 19.4 Å². The number of hydrogen-bond acceptors (Lipinski definition) is 6. The molecule has 0 N–H and O–H groups in total. The first-order chi connectivity index (χ1) is 10.8. The van der Waals surface area contributed by atoms with Crippen LogP contribution in [0.5, 0.6) is 0 Å². The number of esters is 1. The monoisotopic (exact) mass is 322 g/mol. The van der Waals surface area contributed by atoms with E-state index in [1.165, 1.54) is 19.1 Å². The molecule has 23 heavy (non-hydrogen) atoms. The van der Waals surface area contributed by atoms with Crippen molar-refractivity contribution in [3.05, 3.63) is 62.2 Å². The maximum Gasteiger partial charge on any atom is 0.385 e. The highest BCUT2D eigenvalue weighted by Gasteiger charge is 2.55. The van der Waals surface area contributed by atoms with Gasteiger partial charge in [0.1, 0.15) is 5.92 Å². The molecule has 0 aliphatic rings. The Bertz CT molecular complexity index is 601. The molecular weight excluding hydrogens is 304 g/mol. The molecule has 0 aliphatic carbocycles. The highest BCUT2D eigenvalue weighted by atomic mass is 16.6. The molecule has 0 spiro atoms.